The fourth-order valence-corrected chi connectivity index (χ4v) is 2.33. The van der Waals surface area contributed by atoms with Crippen LogP contribution in [0.1, 0.15) is 15.9 Å². The Balaban J connectivity index is 2.28. The van der Waals surface area contributed by atoms with E-state index >= 15 is 0 Å². The van der Waals surface area contributed by atoms with Crippen molar-refractivity contribution in [2.75, 3.05) is 5.32 Å². The summed E-state index contributed by atoms with van der Waals surface area (Å²) >= 11 is 9.32. The van der Waals surface area contributed by atoms with Gasteiger partial charge in [0.15, 0.2) is 0 Å². The number of halogens is 2. The van der Waals surface area contributed by atoms with Gasteiger partial charge in [0.25, 0.3) is 5.91 Å². The molecule has 2 aromatic carbocycles. The summed E-state index contributed by atoms with van der Waals surface area (Å²) in [6.45, 7) is 1.85. The summed E-state index contributed by atoms with van der Waals surface area (Å²) in [7, 11) is 0. The number of hydrogen-bond acceptors (Lipinski definition) is 2. The Morgan fingerprint density at radius 2 is 2.00 bits per heavy atom. The lowest BCUT2D eigenvalue weighted by Crippen LogP contribution is -2.12. The van der Waals surface area contributed by atoms with Gasteiger partial charge in [-0.2, -0.15) is 0 Å². The molecule has 0 heterocycles. The third kappa shape index (κ3) is 3.28. The molecule has 3 nitrogen and oxygen atoms in total. The highest BCUT2D eigenvalue weighted by Gasteiger charge is 2.13. The summed E-state index contributed by atoms with van der Waals surface area (Å²) < 4.78 is 0.828. The lowest BCUT2D eigenvalue weighted by atomic mass is 10.1. The first-order chi connectivity index (χ1) is 8.97. The lowest BCUT2D eigenvalue weighted by Gasteiger charge is -2.09. The van der Waals surface area contributed by atoms with Crippen molar-refractivity contribution in [2.45, 2.75) is 6.92 Å². The largest absolute Gasteiger partial charge is 0.507 e. The van der Waals surface area contributed by atoms with Crippen LogP contribution in [-0.4, -0.2) is 11.0 Å². The zero-order valence-corrected chi connectivity index (χ0v) is 12.4. The Bertz CT molecular complexity index is 643. The molecule has 0 aromatic heterocycles. The van der Waals surface area contributed by atoms with Crippen LogP contribution in [0.5, 0.6) is 5.75 Å². The van der Waals surface area contributed by atoms with E-state index in [1.165, 1.54) is 6.07 Å². The number of rotatable bonds is 2. The number of carbonyl (C=O) groups excluding carboxylic acids is 1. The monoisotopic (exact) mass is 339 g/mol. The highest BCUT2D eigenvalue weighted by atomic mass is 79.9. The normalized spacial score (nSPS) is 10.3. The molecule has 0 bridgehead atoms. The quantitative estimate of drug-likeness (QED) is 0.853. The molecule has 1 amide bonds. The maximum Gasteiger partial charge on any atom is 0.259 e. The summed E-state index contributed by atoms with van der Waals surface area (Å²) in [5.41, 5.74) is 1.61. The van der Waals surface area contributed by atoms with Gasteiger partial charge in [0.2, 0.25) is 0 Å². The predicted molar refractivity (Wildman–Crippen MR) is 79.9 cm³/mol. The molecule has 0 saturated heterocycles. The average Bonchev–Trinajstić information content (AvgIpc) is 2.35. The molecule has 0 aliphatic carbocycles. The van der Waals surface area contributed by atoms with Crippen molar-refractivity contribution >= 4 is 39.1 Å². The van der Waals surface area contributed by atoms with Crippen LogP contribution in [0.2, 0.25) is 5.02 Å². The Labute approximate surface area is 124 Å². The first kappa shape index (κ1) is 13.9. The minimum atomic E-state index is -0.398. The molecule has 0 unspecified atom stereocenters. The molecule has 0 spiro atoms. The SMILES string of the molecule is Cc1ccc(O)c(C(=O)Nc2ccc(Br)cc2Cl)c1. The Morgan fingerprint density at radius 1 is 1.26 bits per heavy atom. The summed E-state index contributed by atoms with van der Waals surface area (Å²) in [5.74, 6) is -0.457. The molecule has 19 heavy (non-hydrogen) atoms. The van der Waals surface area contributed by atoms with Crippen LogP contribution in [0.4, 0.5) is 5.69 Å². The summed E-state index contributed by atoms with van der Waals surface area (Å²) in [6, 6.07) is 10.0. The van der Waals surface area contributed by atoms with Gasteiger partial charge in [-0.25, -0.2) is 0 Å². The zero-order valence-electron chi connectivity index (χ0n) is 10.1. The fraction of sp³-hybridized carbons (Fsp3) is 0.0714. The second kappa shape index (κ2) is 5.63. The second-order valence-electron chi connectivity index (χ2n) is 4.10. The number of anilines is 1. The van der Waals surface area contributed by atoms with Gasteiger partial charge in [-0.1, -0.05) is 39.2 Å². The van der Waals surface area contributed by atoms with E-state index in [4.69, 9.17) is 11.6 Å². The van der Waals surface area contributed by atoms with E-state index in [0.717, 1.165) is 10.0 Å². The molecule has 0 fully saturated rings. The van der Waals surface area contributed by atoms with Gasteiger partial charge in [-0.05, 0) is 37.3 Å². The van der Waals surface area contributed by atoms with Crippen molar-refractivity contribution in [3.63, 3.8) is 0 Å². The zero-order chi connectivity index (χ0) is 14.0. The first-order valence-corrected chi connectivity index (χ1v) is 6.70. The minimum Gasteiger partial charge on any atom is -0.507 e. The number of benzene rings is 2. The number of phenols is 1. The topological polar surface area (TPSA) is 49.3 Å². The number of aromatic hydroxyl groups is 1. The molecular formula is C14H11BrClNO2. The third-order valence-electron chi connectivity index (χ3n) is 2.58. The fourth-order valence-electron chi connectivity index (χ4n) is 1.61. The van der Waals surface area contributed by atoms with E-state index in [1.807, 2.05) is 6.92 Å². The molecule has 0 aliphatic heterocycles. The predicted octanol–water partition coefficient (Wildman–Crippen LogP) is 4.37. The van der Waals surface area contributed by atoms with Crippen LogP contribution < -0.4 is 5.32 Å². The maximum atomic E-state index is 12.1. The van der Waals surface area contributed by atoms with Crippen molar-refractivity contribution in [1.29, 1.82) is 0 Å². The molecule has 2 aromatic rings. The molecule has 98 valence electrons. The summed E-state index contributed by atoms with van der Waals surface area (Å²) in [4.78, 5) is 12.1. The van der Waals surface area contributed by atoms with Gasteiger partial charge < -0.3 is 10.4 Å². The van der Waals surface area contributed by atoms with Crippen molar-refractivity contribution < 1.29 is 9.90 Å². The van der Waals surface area contributed by atoms with Gasteiger partial charge in [0.1, 0.15) is 5.75 Å². The Morgan fingerprint density at radius 3 is 2.68 bits per heavy atom. The van der Waals surface area contributed by atoms with Crippen LogP contribution in [0, 0.1) is 6.92 Å². The van der Waals surface area contributed by atoms with Gasteiger partial charge in [0, 0.05) is 4.47 Å². The Hall–Kier alpha value is -1.52. The van der Waals surface area contributed by atoms with Crippen molar-refractivity contribution in [3.8, 4) is 5.75 Å². The number of carbonyl (C=O) groups is 1. The molecule has 2 rings (SSSR count). The first-order valence-electron chi connectivity index (χ1n) is 5.53. The van der Waals surface area contributed by atoms with E-state index in [2.05, 4.69) is 21.2 Å². The second-order valence-corrected chi connectivity index (χ2v) is 5.42. The highest BCUT2D eigenvalue weighted by molar-refractivity contribution is 9.10. The van der Waals surface area contributed by atoms with Crippen LogP contribution in [0.15, 0.2) is 40.9 Å². The maximum absolute atomic E-state index is 12.1. The molecule has 0 atom stereocenters. The average molecular weight is 341 g/mol. The van der Waals surface area contributed by atoms with Gasteiger partial charge in [-0.3, -0.25) is 4.79 Å². The summed E-state index contributed by atoms with van der Waals surface area (Å²) in [5, 5.41) is 12.8. The molecule has 2 N–H and O–H groups in total. The molecule has 0 aliphatic rings. The number of amides is 1. The van der Waals surface area contributed by atoms with Crippen LogP contribution in [-0.2, 0) is 0 Å². The van der Waals surface area contributed by atoms with E-state index < -0.39 is 5.91 Å². The molecule has 0 radical (unpaired) electrons. The van der Waals surface area contributed by atoms with E-state index in [-0.39, 0.29) is 11.3 Å². The summed E-state index contributed by atoms with van der Waals surface area (Å²) in [6.07, 6.45) is 0. The van der Waals surface area contributed by atoms with Crippen molar-refractivity contribution in [3.05, 3.63) is 57.0 Å². The van der Waals surface area contributed by atoms with Gasteiger partial charge >= 0.3 is 0 Å². The van der Waals surface area contributed by atoms with Gasteiger partial charge in [0.05, 0.1) is 16.3 Å². The number of aryl methyl sites for hydroxylation is 1. The number of phenolic OH excluding ortho intramolecular Hbond substituents is 1. The standard InChI is InChI=1S/C14H11BrClNO2/c1-8-2-5-13(18)10(6-8)14(19)17-12-4-3-9(15)7-11(12)16/h2-7,18H,1H3,(H,17,19). The number of hydrogen-bond donors (Lipinski definition) is 2. The van der Waals surface area contributed by atoms with E-state index in [0.29, 0.717) is 10.7 Å². The highest BCUT2D eigenvalue weighted by Crippen LogP contribution is 2.27. The minimum absolute atomic E-state index is 0.0589. The Kier molecular flexibility index (Phi) is 4.12. The molecular weight excluding hydrogens is 330 g/mol. The number of nitrogens with one attached hydrogen (secondary N) is 1. The smallest absolute Gasteiger partial charge is 0.259 e. The van der Waals surface area contributed by atoms with Crippen LogP contribution in [0.3, 0.4) is 0 Å². The van der Waals surface area contributed by atoms with Gasteiger partial charge in [-0.15, -0.1) is 0 Å². The van der Waals surface area contributed by atoms with E-state index in [9.17, 15) is 9.90 Å². The van der Waals surface area contributed by atoms with Crippen LogP contribution >= 0.6 is 27.5 Å². The lowest BCUT2D eigenvalue weighted by molar-refractivity contribution is 0.102. The van der Waals surface area contributed by atoms with Crippen molar-refractivity contribution in [1.82, 2.24) is 0 Å². The van der Waals surface area contributed by atoms with Crippen molar-refractivity contribution in [2.24, 2.45) is 0 Å². The van der Waals surface area contributed by atoms with Crippen LogP contribution in [0.25, 0.3) is 0 Å². The molecule has 0 saturated carbocycles. The van der Waals surface area contributed by atoms with E-state index in [1.54, 1.807) is 30.3 Å². The molecule has 5 heteroatoms. The third-order valence-corrected chi connectivity index (χ3v) is 3.38.